The SMILES string of the molecule is CCNc1ccc(C(=O)NC(CC)CC)cc1[N+](=O)[O-]. The molecule has 0 aliphatic rings. The van der Waals surface area contributed by atoms with Crippen LogP contribution in [0.15, 0.2) is 18.2 Å². The molecule has 110 valence electrons. The molecule has 1 amide bonds. The quantitative estimate of drug-likeness (QED) is 0.593. The summed E-state index contributed by atoms with van der Waals surface area (Å²) in [6.07, 6.45) is 1.67. The van der Waals surface area contributed by atoms with Crippen LogP contribution in [-0.2, 0) is 0 Å². The van der Waals surface area contributed by atoms with E-state index < -0.39 is 4.92 Å². The summed E-state index contributed by atoms with van der Waals surface area (Å²) in [5, 5.41) is 16.8. The molecule has 20 heavy (non-hydrogen) atoms. The van der Waals surface area contributed by atoms with E-state index in [0.29, 0.717) is 17.8 Å². The Labute approximate surface area is 118 Å². The minimum Gasteiger partial charge on any atom is -0.380 e. The summed E-state index contributed by atoms with van der Waals surface area (Å²) in [6, 6.07) is 4.58. The Bertz CT molecular complexity index is 485. The highest BCUT2D eigenvalue weighted by atomic mass is 16.6. The molecule has 2 N–H and O–H groups in total. The maximum atomic E-state index is 12.1. The van der Waals surface area contributed by atoms with Gasteiger partial charge in [-0.1, -0.05) is 13.8 Å². The molecule has 0 saturated heterocycles. The van der Waals surface area contributed by atoms with Crippen LogP contribution in [0, 0.1) is 10.1 Å². The van der Waals surface area contributed by atoms with E-state index >= 15 is 0 Å². The highest BCUT2D eigenvalue weighted by Gasteiger charge is 2.18. The Kier molecular flexibility index (Phi) is 5.96. The average Bonchev–Trinajstić information content (AvgIpc) is 2.44. The molecule has 1 rings (SSSR count). The van der Waals surface area contributed by atoms with Gasteiger partial charge in [0.1, 0.15) is 5.69 Å². The van der Waals surface area contributed by atoms with Crippen LogP contribution in [0.5, 0.6) is 0 Å². The maximum Gasteiger partial charge on any atom is 0.293 e. The van der Waals surface area contributed by atoms with Gasteiger partial charge in [-0.25, -0.2) is 0 Å². The molecule has 0 aliphatic carbocycles. The van der Waals surface area contributed by atoms with E-state index in [1.807, 2.05) is 20.8 Å². The minimum absolute atomic E-state index is 0.0796. The standard InChI is InChI=1S/C14H21N3O3/c1-4-11(5-2)16-14(18)10-7-8-12(15-6-3)13(9-10)17(19)20/h7-9,11,15H,4-6H2,1-3H3,(H,16,18). The predicted molar refractivity (Wildman–Crippen MR) is 79.1 cm³/mol. The van der Waals surface area contributed by atoms with Gasteiger partial charge in [-0.3, -0.25) is 14.9 Å². The van der Waals surface area contributed by atoms with Crippen molar-refractivity contribution in [3.05, 3.63) is 33.9 Å². The highest BCUT2D eigenvalue weighted by Crippen LogP contribution is 2.25. The molecule has 0 saturated carbocycles. The third-order valence-corrected chi connectivity index (χ3v) is 3.14. The largest absolute Gasteiger partial charge is 0.380 e. The van der Waals surface area contributed by atoms with E-state index in [9.17, 15) is 14.9 Å². The van der Waals surface area contributed by atoms with Gasteiger partial charge in [0.2, 0.25) is 0 Å². The molecular formula is C14H21N3O3. The van der Waals surface area contributed by atoms with Crippen LogP contribution in [0.25, 0.3) is 0 Å². The summed E-state index contributed by atoms with van der Waals surface area (Å²) >= 11 is 0. The Balaban J connectivity index is 2.99. The fraction of sp³-hybridized carbons (Fsp3) is 0.500. The molecule has 0 fully saturated rings. The third kappa shape index (κ3) is 3.94. The number of rotatable bonds is 7. The number of nitrogens with zero attached hydrogens (tertiary/aromatic N) is 1. The Hall–Kier alpha value is -2.11. The Morgan fingerprint density at radius 3 is 2.45 bits per heavy atom. The van der Waals surface area contributed by atoms with Crippen LogP contribution in [0.4, 0.5) is 11.4 Å². The van der Waals surface area contributed by atoms with Crippen LogP contribution in [0.3, 0.4) is 0 Å². The van der Waals surface area contributed by atoms with Crippen molar-refractivity contribution in [2.45, 2.75) is 39.7 Å². The lowest BCUT2D eigenvalue weighted by molar-refractivity contribution is -0.384. The lowest BCUT2D eigenvalue weighted by atomic mass is 10.1. The highest BCUT2D eigenvalue weighted by molar-refractivity contribution is 5.95. The number of hydrogen-bond donors (Lipinski definition) is 2. The summed E-state index contributed by atoms with van der Waals surface area (Å²) in [7, 11) is 0. The van der Waals surface area contributed by atoms with Crippen LogP contribution < -0.4 is 10.6 Å². The molecule has 0 heterocycles. The molecule has 0 atom stereocenters. The molecule has 1 aromatic carbocycles. The zero-order chi connectivity index (χ0) is 15.1. The van der Waals surface area contributed by atoms with Gasteiger partial charge in [0.05, 0.1) is 4.92 Å². The van der Waals surface area contributed by atoms with Gasteiger partial charge in [0.15, 0.2) is 0 Å². The van der Waals surface area contributed by atoms with E-state index in [4.69, 9.17) is 0 Å². The third-order valence-electron chi connectivity index (χ3n) is 3.14. The smallest absolute Gasteiger partial charge is 0.293 e. The van der Waals surface area contributed by atoms with Crippen molar-refractivity contribution in [2.24, 2.45) is 0 Å². The molecule has 0 aromatic heterocycles. The van der Waals surface area contributed by atoms with E-state index in [1.165, 1.54) is 6.07 Å². The monoisotopic (exact) mass is 279 g/mol. The topological polar surface area (TPSA) is 84.3 Å². The summed E-state index contributed by atoms with van der Waals surface area (Å²) in [6.45, 7) is 6.42. The van der Waals surface area contributed by atoms with Crippen molar-refractivity contribution >= 4 is 17.3 Å². The molecule has 0 spiro atoms. The Morgan fingerprint density at radius 2 is 1.95 bits per heavy atom. The first kappa shape index (κ1) is 15.9. The number of amides is 1. The van der Waals surface area contributed by atoms with E-state index in [0.717, 1.165) is 12.8 Å². The zero-order valence-electron chi connectivity index (χ0n) is 12.1. The average molecular weight is 279 g/mol. The predicted octanol–water partition coefficient (Wildman–Crippen LogP) is 2.95. The van der Waals surface area contributed by atoms with Gasteiger partial charge < -0.3 is 10.6 Å². The summed E-state index contributed by atoms with van der Waals surface area (Å²) < 4.78 is 0. The fourth-order valence-corrected chi connectivity index (χ4v) is 1.93. The van der Waals surface area contributed by atoms with Crippen molar-refractivity contribution in [1.29, 1.82) is 0 Å². The number of carbonyl (C=O) groups is 1. The van der Waals surface area contributed by atoms with Crippen LogP contribution in [0.1, 0.15) is 44.0 Å². The summed E-state index contributed by atoms with van der Waals surface area (Å²) in [4.78, 5) is 22.6. The van der Waals surface area contributed by atoms with Crippen LogP contribution in [-0.4, -0.2) is 23.4 Å². The summed E-state index contributed by atoms with van der Waals surface area (Å²) in [5.41, 5.74) is 0.658. The number of nitrogens with one attached hydrogen (secondary N) is 2. The number of nitro benzene ring substituents is 1. The van der Waals surface area contributed by atoms with Crippen molar-refractivity contribution in [2.75, 3.05) is 11.9 Å². The molecule has 6 nitrogen and oxygen atoms in total. The Morgan fingerprint density at radius 1 is 1.30 bits per heavy atom. The van der Waals surface area contributed by atoms with Gasteiger partial charge in [0.25, 0.3) is 11.6 Å². The molecular weight excluding hydrogens is 258 g/mol. The first-order valence-electron chi connectivity index (χ1n) is 6.86. The molecule has 0 unspecified atom stereocenters. The van der Waals surface area contributed by atoms with Crippen molar-refractivity contribution in [3.8, 4) is 0 Å². The second-order valence-electron chi connectivity index (χ2n) is 4.51. The van der Waals surface area contributed by atoms with E-state index in [-0.39, 0.29) is 17.6 Å². The van der Waals surface area contributed by atoms with E-state index in [1.54, 1.807) is 12.1 Å². The molecule has 6 heteroatoms. The lowest BCUT2D eigenvalue weighted by Crippen LogP contribution is -2.33. The normalized spacial score (nSPS) is 10.4. The van der Waals surface area contributed by atoms with Crippen molar-refractivity contribution in [3.63, 3.8) is 0 Å². The lowest BCUT2D eigenvalue weighted by Gasteiger charge is -2.15. The van der Waals surface area contributed by atoms with Crippen molar-refractivity contribution < 1.29 is 9.72 Å². The molecule has 1 aromatic rings. The van der Waals surface area contributed by atoms with Crippen molar-refractivity contribution in [1.82, 2.24) is 5.32 Å². The first-order chi connectivity index (χ1) is 9.53. The van der Waals surface area contributed by atoms with Crippen LogP contribution >= 0.6 is 0 Å². The number of carbonyl (C=O) groups excluding carboxylic acids is 1. The molecule has 0 aliphatic heterocycles. The fourth-order valence-electron chi connectivity index (χ4n) is 1.93. The zero-order valence-corrected chi connectivity index (χ0v) is 12.1. The van der Waals surface area contributed by atoms with E-state index in [2.05, 4.69) is 10.6 Å². The molecule has 0 radical (unpaired) electrons. The van der Waals surface area contributed by atoms with Gasteiger partial charge >= 0.3 is 0 Å². The van der Waals surface area contributed by atoms with Crippen LogP contribution in [0.2, 0.25) is 0 Å². The minimum atomic E-state index is -0.480. The van der Waals surface area contributed by atoms with Gasteiger partial charge in [-0.15, -0.1) is 0 Å². The van der Waals surface area contributed by atoms with Gasteiger partial charge in [0, 0.05) is 24.2 Å². The van der Waals surface area contributed by atoms with Gasteiger partial charge in [-0.2, -0.15) is 0 Å². The number of hydrogen-bond acceptors (Lipinski definition) is 4. The number of anilines is 1. The first-order valence-corrected chi connectivity index (χ1v) is 6.86. The second-order valence-corrected chi connectivity index (χ2v) is 4.51. The summed E-state index contributed by atoms with van der Waals surface area (Å²) in [5.74, 6) is -0.273. The van der Waals surface area contributed by atoms with Gasteiger partial charge in [-0.05, 0) is 31.9 Å². The maximum absolute atomic E-state index is 12.1. The second kappa shape index (κ2) is 7.47. The number of benzene rings is 1. The molecule has 0 bridgehead atoms. The number of nitro groups is 1.